The molecule has 0 saturated heterocycles. The maximum atomic E-state index is 12.7. The number of benzene rings is 2. The highest BCUT2D eigenvalue weighted by atomic mass is 16.6. The monoisotopic (exact) mass is 367 g/mol. The maximum absolute atomic E-state index is 12.7. The third kappa shape index (κ3) is 4.74. The molecule has 0 spiro atoms. The third-order valence-electron chi connectivity index (χ3n) is 4.06. The number of rotatable bonds is 7. The van der Waals surface area contributed by atoms with Crippen LogP contribution in [0.25, 0.3) is 6.08 Å². The van der Waals surface area contributed by atoms with Gasteiger partial charge in [0, 0.05) is 24.8 Å². The molecule has 1 N–H and O–H groups in total. The van der Waals surface area contributed by atoms with Crippen molar-refractivity contribution in [2.45, 2.75) is 6.10 Å². The molecule has 27 heavy (non-hydrogen) atoms. The molecule has 0 radical (unpaired) electrons. The summed E-state index contributed by atoms with van der Waals surface area (Å²) in [6, 6.07) is 16.3. The van der Waals surface area contributed by atoms with Gasteiger partial charge in [-0.3, -0.25) is 4.79 Å². The summed E-state index contributed by atoms with van der Waals surface area (Å²) in [5, 5.41) is 2.71. The number of esters is 1. The average Bonchev–Trinajstić information content (AvgIpc) is 2.72. The van der Waals surface area contributed by atoms with Crippen LogP contribution in [-0.2, 0) is 19.1 Å². The molecular formula is C21H21NO5. The summed E-state index contributed by atoms with van der Waals surface area (Å²) < 4.78 is 16.1. The van der Waals surface area contributed by atoms with Crippen molar-refractivity contribution in [3.8, 4) is 5.75 Å². The number of hydrogen-bond acceptors (Lipinski definition) is 5. The molecule has 1 amide bonds. The number of fused-ring (bicyclic) bond motifs is 1. The minimum atomic E-state index is -1.05. The number of nitrogens with one attached hydrogen (secondary N) is 1. The van der Waals surface area contributed by atoms with Crippen LogP contribution in [0.1, 0.15) is 17.2 Å². The molecule has 0 bridgehead atoms. The van der Waals surface area contributed by atoms with Crippen LogP contribution >= 0.6 is 0 Å². The molecule has 6 heteroatoms. The van der Waals surface area contributed by atoms with Gasteiger partial charge in [0.05, 0.1) is 12.2 Å². The van der Waals surface area contributed by atoms with E-state index in [9.17, 15) is 9.59 Å². The molecule has 2 aromatic rings. The maximum Gasteiger partial charge on any atom is 0.338 e. The lowest BCUT2D eigenvalue weighted by molar-refractivity contribution is -0.153. The zero-order valence-electron chi connectivity index (χ0n) is 15.0. The van der Waals surface area contributed by atoms with Crippen molar-refractivity contribution in [2.75, 3.05) is 26.9 Å². The van der Waals surface area contributed by atoms with Crippen LogP contribution in [0.5, 0.6) is 5.75 Å². The summed E-state index contributed by atoms with van der Waals surface area (Å²) >= 11 is 0. The van der Waals surface area contributed by atoms with E-state index in [1.54, 1.807) is 37.5 Å². The van der Waals surface area contributed by atoms with E-state index in [1.165, 1.54) is 0 Å². The molecule has 140 valence electrons. The van der Waals surface area contributed by atoms with E-state index in [4.69, 9.17) is 14.2 Å². The van der Waals surface area contributed by atoms with Crippen LogP contribution in [0.4, 0.5) is 0 Å². The van der Waals surface area contributed by atoms with Gasteiger partial charge in [-0.15, -0.1) is 0 Å². The Hall–Kier alpha value is -3.12. The fourth-order valence-electron chi connectivity index (χ4n) is 2.69. The predicted molar refractivity (Wildman–Crippen MR) is 100 cm³/mol. The van der Waals surface area contributed by atoms with E-state index in [-0.39, 0.29) is 6.61 Å². The van der Waals surface area contributed by atoms with Gasteiger partial charge in [-0.2, -0.15) is 0 Å². The molecule has 0 aromatic heterocycles. The van der Waals surface area contributed by atoms with Gasteiger partial charge in [0.2, 0.25) is 6.10 Å². The van der Waals surface area contributed by atoms with Gasteiger partial charge in [0.1, 0.15) is 12.4 Å². The first-order chi connectivity index (χ1) is 13.2. The molecule has 1 aliphatic heterocycles. The molecule has 0 unspecified atom stereocenters. The first-order valence-corrected chi connectivity index (χ1v) is 8.64. The van der Waals surface area contributed by atoms with Crippen LogP contribution in [0, 0.1) is 0 Å². The molecule has 0 saturated carbocycles. The lowest BCUT2D eigenvalue weighted by Crippen LogP contribution is -2.34. The smallest absolute Gasteiger partial charge is 0.338 e. The first kappa shape index (κ1) is 18.7. The number of para-hydroxylation sites is 1. The number of ether oxygens (including phenoxy) is 3. The molecule has 2 aromatic carbocycles. The molecule has 1 aliphatic rings. The minimum absolute atomic E-state index is 0.0999. The van der Waals surface area contributed by atoms with Gasteiger partial charge in [-0.25, -0.2) is 4.79 Å². The van der Waals surface area contributed by atoms with Crippen LogP contribution in [0.3, 0.4) is 0 Å². The topological polar surface area (TPSA) is 73.9 Å². The predicted octanol–water partition coefficient (Wildman–Crippen LogP) is 2.51. The summed E-state index contributed by atoms with van der Waals surface area (Å²) in [5.41, 5.74) is 1.76. The highest BCUT2D eigenvalue weighted by Gasteiger charge is 2.27. The van der Waals surface area contributed by atoms with Crippen molar-refractivity contribution in [1.82, 2.24) is 5.32 Å². The Morgan fingerprint density at radius 1 is 1.11 bits per heavy atom. The highest BCUT2D eigenvalue weighted by molar-refractivity contribution is 5.97. The third-order valence-corrected chi connectivity index (χ3v) is 4.06. The van der Waals surface area contributed by atoms with E-state index in [0.717, 1.165) is 5.56 Å². The van der Waals surface area contributed by atoms with Crippen LogP contribution < -0.4 is 10.1 Å². The van der Waals surface area contributed by atoms with Gasteiger partial charge in [0.25, 0.3) is 5.91 Å². The summed E-state index contributed by atoms with van der Waals surface area (Å²) in [6.07, 6.45) is 0.681. The minimum Gasteiger partial charge on any atom is -0.488 e. The lowest BCUT2D eigenvalue weighted by atomic mass is 10.1. The summed E-state index contributed by atoms with van der Waals surface area (Å²) in [5.74, 6) is -0.268. The lowest BCUT2D eigenvalue weighted by Gasteiger charge is -2.21. The van der Waals surface area contributed by atoms with Gasteiger partial charge in [-0.1, -0.05) is 48.5 Å². The van der Waals surface area contributed by atoms with Gasteiger partial charge in [0.15, 0.2) is 0 Å². The fourth-order valence-corrected chi connectivity index (χ4v) is 2.69. The Labute approximate surface area is 157 Å². The normalized spacial score (nSPS) is 13.6. The molecule has 0 fully saturated rings. The molecule has 3 rings (SSSR count). The van der Waals surface area contributed by atoms with Crippen molar-refractivity contribution >= 4 is 18.0 Å². The first-order valence-electron chi connectivity index (χ1n) is 8.64. The number of carbonyl (C=O) groups is 2. The van der Waals surface area contributed by atoms with E-state index in [1.807, 2.05) is 30.3 Å². The van der Waals surface area contributed by atoms with Crippen molar-refractivity contribution < 1.29 is 23.8 Å². The van der Waals surface area contributed by atoms with E-state index in [0.29, 0.717) is 30.0 Å². The van der Waals surface area contributed by atoms with Crippen LogP contribution in [0.15, 0.2) is 60.2 Å². The van der Waals surface area contributed by atoms with Gasteiger partial charge in [-0.05, 0) is 12.1 Å². The van der Waals surface area contributed by atoms with Crippen LogP contribution in [-0.4, -0.2) is 38.7 Å². The Kier molecular flexibility index (Phi) is 6.22. The Morgan fingerprint density at radius 2 is 1.85 bits per heavy atom. The molecule has 1 heterocycles. The van der Waals surface area contributed by atoms with Crippen molar-refractivity contribution in [2.24, 2.45) is 0 Å². The standard InChI is InChI=1S/C21H21NO5/c1-25-12-11-22-20(23)19(15-7-3-2-4-8-15)27-21(24)17-13-16-9-5-6-10-18(16)26-14-17/h2-10,13,19H,11-12,14H2,1H3,(H,22,23)/t19-/m0/s1. The van der Waals surface area contributed by atoms with E-state index < -0.39 is 18.0 Å². The molecule has 6 nitrogen and oxygen atoms in total. The Morgan fingerprint density at radius 3 is 2.63 bits per heavy atom. The van der Waals surface area contributed by atoms with E-state index in [2.05, 4.69) is 5.32 Å². The van der Waals surface area contributed by atoms with E-state index >= 15 is 0 Å². The summed E-state index contributed by atoms with van der Waals surface area (Å²) in [6.45, 7) is 0.801. The van der Waals surface area contributed by atoms with Crippen molar-refractivity contribution in [3.63, 3.8) is 0 Å². The SMILES string of the molecule is COCCNC(=O)[C@@H](OC(=O)C1=Cc2ccccc2OC1)c1ccccc1. The number of amides is 1. The molecular weight excluding hydrogens is 346 g/mol. The van der Waals surface area contributed by atoms with Crippen molar-refractivity contribution in [1.29, 1.82) is 0 Å². The second-order valence-corrected chi connectivity index (χ2v) is 5.98. The molecule has 1 atom stereocenters. The quantitative estimate of drug-likeness (QED) is 0.601. The Balaban J connectivity index is 1.77. The zero-order chi connectivity index (χ0) is 19.1. The Bertz CT molecular complexity index is 831. The van der Waals surface area contributed by atoms with Crippen molar-refractivity contribution in [3.05, 3.63) is 71.3 Å². The second kappa shape index (κ2) is 9.00. The number of methoxy groups -OCH3 is 1. The number of hydrogen-bond donors (Lipinski definition) is 1. The van der Waals surface area contributed by atoms with Gasteiger partial charge >= 0.3 is 5.97 Å². The summed E-state index contributed by atoms with van der Waals surface area (Å²) in [7, 11) is 1.55. The second-order valence-electron chi connectivity index (χ2n) is 5.98. The van der Waals surface area contributed by atoms with Gasteiger partial charge < -0.3 is 19.5 Å². The molecule has 0 aliphatic carbocycles. The number of carbonyl (C=O) groups excluding carboxylic acids is 2. The summed E-state index contributed by atoms with van der Waals surface area (Å²) in [4.78, 5) is 25.2. The highest BCUT2D eigenvalue weighted by Crippen LogP contribution is 2.27. The zero-order valence-corrected chi connectivity index (χ0v) is 15.0. The van der Waals surface area contributed by atoms with Crippen LogP contribution in [0.2, 0.25) is 0 Å². The fraction of sp³-hybridized carbons (Fsp3) is 0.238. The average molecular weight is 367 g/mol. The largest absolute Gasteiger partial charge is 0.488 e.